The van der Waals surface area contributed by atoms with Crippen molar-refractivity contribution in [1.82, 2.24) is 19.1 Å². The van der Waals surface area contributed by atoms with Crippen LogP contribution < -0.4 is 21.4 Å². The summed E-state index contributed by atoms with van der Waals surface area (Å²) in [4.78, 5) is 35.1. The normalized spacial score (nSPS) is 11.1. The van der Waals surface area contributed by atoms with Gasteiger partial charge >= 0.3 is 11.4 Å². The summed E-state index contributed by atoms with van der Waals surface area (Å²) in [6, 6.07) is 13.1. The molecule has 8 nitrogen and oxygen atoms in total. The number of aromatic nitrogens is 4. The number of halogens is 4. The first-order chi connectivity index (χ1) is 18.3. The van der Waals surface area contributed by atoms with Gasteiger partial charge in [0.1, 0.15) is 5.75 Å². The van der Waals surface area contributed by atoms with Gasteiger partial charge in [-0.2, -0.15) is 4.98 Å². The molecule has 5 aromatic rings. The molecule has 192 valence electrons. The molecule has 0 radical (unpaired) electrons. The topological polar surface area (TPSA) is 91.0 Å². The fraction of sp³-hybridized carbons (Fsp3) is 0.0769. The molecule has 2 aromatic heterocycles. The van der Waals surface area contributed by atoms with Crippen molar-refractivity contribution in [3.63, 3.8) is 0 Å². The van der Waals surface area contributed by atoms with Gasteiger partial charge in [-0.05, 0) is 29.8 Å². The standard InChI is InChI=1S/C26H17ClF3N5O3/c1-38-16-6-7-21(18(27)10-16)32-24-33-25(36)35(22-12-31-11-15-4-2-3-5-17(15)22)26(37)34(24)13-14-8-19(28)23(30)20(29)9-14/h2-12H,13H2,1H3,(H,32,33,36). The molecule has 12 heteroatoms. The van der Waals surface area contributed by atoms with E-state index in [0.29, 0.717) is 16.5 Å². The zero-order valence-corrected chi connectivity index (χ0v) is 20.3. The van der Waals surface area contributed by atoms with Crippen LogP contribution in [0.2, 0.25) is 5.02 Å². The summed E-state index contributed by atoms with van der Waals surface area (Å²) in [6.45, 7) is -0.464. The molecular weight excluding hydrogens is 523 g/mol. The fourth-order valence-corrected chi connectivity index (χ4v) is 4.16. The third-order valence-electron chi connectivity index (χ3n) is 5.77. The van der Waals surface area contributed by atoms with Crippen molar-refractivity contribution in [1.29, 1.82) is 0 Å². The van der Waals surface area contributed by atoms with Crippen LogP contribution in [0.5, 0.6) is 5.75 Å². The van der Waals surface area contributed by atoms with Crippen molar-refractivity contribution >= 4 is 34.0 Å². The highest BCUT2D eigenvalue weighted by Crippen LogP contribution is 2.29. The molecule has 0 spiro atoms. The molecule has 0 unspecified atom stereocenters. The number of anilines is 2. The molecule has 0 atom stereocenters. The number of fused-ring (bicyclic) bond motifs is 1. The maximum atomic E-state index is 14.0. The molecule has 0 aliphatic rings. The zero-order valence-electron chi connectivity index (χ0n) is 19.6. The Morgan fingerprint density at radius 2 is 1.74 bits per heavy atom. The molecule has 0 bridgehead atoms. The predicted octanol–water partition coefficient (Wildman–Crippen LogP) is 4.81. The van der Waals surface area contributed by atoms with Crippen LogP contribution in [0.15, 0.2) is 76.6 Å². The Labute approximate surface area is 217 Å². The van der Waals surface area contributed by atoms with Crippen LogP contribution >= 0.6 is 11.6 Å². The first-order valence-corrected chi connectivity index (χ1v) is 11.5. The van der Waals surface area contributed by atoms with Crippen LogP contribution in [0.1, 0.15) is 5.56 Å². The number of pyridine rings is 1. The van der Waals surface area contributed by atoms with Crippen molar-refractivity contribution in [3.05, 3.63) is 116 Å². The maximum Gasteiger partial charge on any atom is 0.359 e. The summed E-state index contributed by atoms with van der Waals surface area (Å²) in [7, 11) is 1.46. The van der Waals surface area contributed by atoms with E-state index in [1.54, 1.807) is 36.5 Å². The lowest BCUT2D eigenvalue weighted by molar-refractivity contribution is 0.415. The predicted molar refractivity (Wildman–Crippen MR) is 136 cm³/mol. The Morgan fingerprint density at radius 1 is 1.00 bits per heavy atom. The summed E-state index contributed by atoms with van der Waals surface area (Å²) in [5, 5.41) is 4.22. The molecule has 0 saturated carbocycles. The minimum Gasteiger partial charge on any atom is -0.497 e. The Hall–Kier alpha value is -4.64. The van der Waals surface area contributed by atoms with Gasteiger partial charge in [-0.1, -0.05) is 35.9 Å². The van der Waals surface area contributed by atoms with E-state index in [9.17, 15) is 22.8 Å². The summed E-state index contributed by atoms with van der Waals surface area (Å²) in [6.07, 6.45) is 2.91. The third kappa shape index (κ3) is 4.59. The number of rotatable bonds is 6. The number of hydrogen-bond donors (Lipinski definition) is 1. The van der Waals surface area contributed by atoms with Gasteiger partial charge in [0.15, 0.2) is 17.5 Å². The molecule has 0 aliphatic heterocycles. The molecule has 1 N–H and O–H groups in total. The highest BCUT2D eigenvalue weighted by Gasteiger charge is 2.19. The van der Waals surface area contributed by atoms with Gasteiger partial charge in [-0.15, -0.1) is 0 Å². The fourth-order valence-electron chi connectivity index (χ4n) is 3.94. The van der Waals surface area contributed by atoms with Crippen molar-refractivity contribution in [2.45, 2.75) is 6.54 Å². The maximum absolute atomic E-state index is 14.0. The lowest BCUT2D eigenvalue weighted by atomic mass is 10.1. The molecule has 5 rings (SSSR count). The summed E-state index contributed by atoms with van der Waals surface area (Å²) in [5.74, 6) is -4.31. The molecule has 0 saturated heterocycles. The van der Waals surface area contributed by atoms with Crippen molar-refractivity contribution in [2.24, 2.45) is 0 Å². The van der Waals surface area contributed by atoms with E-state index in [4.69, 9.17) is 16.3 Å². The quantitative estimate of drug-likeness (QED) is 0.311. The van der Waals surface area contributed by atoms with E-state index in [1.165, 1.54) is 25.4 Å². The third-order valence-corrected chi connectivity index (χ3v) is 6.08. The summed E-state index contributed by atoms with van der Waals surface area (Å²) >= 11 is 6.31. The number of nitrogens with one attached hydrogen (secondary N) is 1. The second kappa shape index (κ2) is 10.0. The molecular formula is C26H17ClF3N5O3. The van der Waals surface area contributed by atoms with Crippen molar-refractivity contribution in [2.75, 3.05) is 12.4 Å². The van der Waals surface area contributed by atoms with Crippen LogP contribution in [0.25, 0.3) is 16.5 Å². The van der Waals surface area contributed by atoms with Crippen LogP contribution in [0.3, 0.4) is 0 Å². The first-order valence-electron chi connectivity index (χ1n) is 11.1. The SMILES string of the molecule is COc1ccc(Nc2nc(=O)n(-c3cncc4ccccc34)c(=O)n2Cc2cc(F)c(F)c(F)c2)c(Cl)c1. The number of nitrogens with zero attached hydrogens (tertiary/aromatic N) is 4. The minimum absolute atomic E-state index is 0.0876. The average molecular weight is 540 g/mol. The van der Waals surface area contributed by atoms with Gasteiger partial charge in [0.05, 0.1) is 36.2 Å². The summed E-state index contributed by atoms with van der Waals surface area (Å²) in [5.41, 5.74) is -1.48. The minimum atomic E-state index is -1.64. The van der Waals surface area contributed by atoms with E-state index in [0.717, 1.165) is 21.3 Å². The van der Waals surface area contributed by atoms with Crippen LogP contribution in [0, 0.1) is 17.5 Å². The van der Waals surface area contributed by atoms with Crippen LogP contribution in [-0.2, 0) is 6.54 Å². The number of hydrogen-bond acceptors (Lipinski definition) is 6. The number of methoxy groups -OCH3 is 1. The Bertz CT molecular complexity index is 1800. The molecule has 38 heavy (non-hydrogen) atoms. The van der Waals surface area contributed by atoms with Crippen molar-refractivity contribution < 1.29 is 17.9 Å². The van der Waals surface area contributed by atoms with Gasteiger partial charge in [0.25, 0.3) is 0 Å². The smallest absolute Gasteiger partial charge is 0.359 e. The molecule has 0 amide bonds. The Kier molecular flexibility index (Phi) is 6.60. The van der Waals surface area contributed by atoms with E-state index in [-0.39, 0.29) is 27.9 Å². The van der Waals surface area contributed by atoms with E-state index in [1.807, 2.05) is 0 Å². The number of benzene rings is 3. The monoisotopic (exact) mass is 539 g/mol. The van der Waals surface area contributed by atoms with Gasteiger partial charge in [0.2, 0.25) is 5.95 Å². The van der Waals surface area contributed by atoms with Gasteiger partial charge < -0.3 is 10.1 Å². The largest absolute Gasteiger partial charge is 0.497 e. The molecule has 0 fully saturated rings. The lowest BCUT2D eigenvalue weighted by Gasteiger charge is -2.17. The Morgan fingerprint density at radius 3 is 2.45 bits per heavy atom. The lowest BCUT2D eigenvalue weighted by Crippen LogP contribution is -2.42. The van der Waals surface area contributed by atoms with E-state index < -0.39 is 35.4 Å². The van der Waals surface area contributed by atoms with Gasteiger partial charge in [-0.3, -0.25) is 9.55 Å². The Balaban J connectivity index is 1.72. The molecule has 3 aromatic carbocycles. The summed E-state index contributed by atoms with van der Waals surface area (Å²) < 4.78 is 48.4. The molecule has 2 heterocycles. The van der Waals surface area contributed by atoms with Crippen LogP contribution in [0.4, 0.5) is 24.8 Å². The van der Waals surface area contributed by atoms with Crippen molar-refractivity contribution in [3.8, 4) is 11.4 Å². The molecule has 0 aliphatic carbocycles. The van der Waals surface area contributed by atoms with Gasteiger partial charge in [-0.25, -0.2) is 27.3 Å². The second-order valence-electron chi connectivity index (χ2n) is 8.15. The number of ether oxygens (including phenoxy) is 1. The second-order valence-corrected chi connectivity index (χ2v) is 8.55. The van der Waals surface area contributed by atoms with Crippen LogP contribution in [-0.4, -0.2) is 26.2 Å². The average Bonchev–Trinajstić information content (AvgIpc) is 2.90. The highest BCUT2D eigenvalue weighted by molar-refractivity contribution is 6.33. The van der Waals surface area contributed by atoms with Gasteiger partial charge in [0, 0.05) is 23.0 Å². The van der Waals surface area contributed by atoms with E-state index in [2.05, 4.69) is 15.3 Å². The van der Waals surface area contributed by atoms with E-state index >= 15 is 0 Å². The zero-order chi connectivity index (χ0) is 27.0. The highest BCUT2D eigenvalue weighted by atomic mass is 35.5. The first kappa shape index (κ1) is 25.0.